The summed E-state index contributed by atoms with van der Waals surface area (Å²) in [4.78, 5) is 26.4. The van der Waals surface area contributed by atoms with E-state index in [1.165, 1.54) is 44.5 Å². The number of alkyl halides is 3. The quantitative estimate of drug-likeness (QED) is 0.0465. The van der Waals surface area contributed by atoms with Crippen LogP contribution in [0, 0.1) is 68.9 Å². The minimum atomic E-state index is -4.47. The Labute approximate surface area is 792 Å². The number of rotatable bonds is 22. The molecule has 0 N–H and O–H groups in total. The molecule has 16 nitrogen and oxygen atoms in total. The van der Waals surface area contributed by atoms with Crippen molar-refractivity contribution in [3.8, 4) is 68.6 Å². The van der Waals surface area contributed by atoms with Gasteiger partial charge in [0.15, 0.2) is 5.69 Å². The number of benzene rings is 12. The van der Waals surface area contributed by atoms with Crippen molar-refractivity contribution in [2.24, 2.45) is 0 Å². The van der Waals surface area contributed by atoms with E-state index >= 15 is 0 Å². The number of hydrogen-bond donors (Lipinski definition) is 0. The largest absolute Gasteiger partial charge is 0.881 e. The number of hydrogen-bond acceptors (Lipinski definition) is 15. The van der Waals surface area contributed by atoms with Crippen LogP contribution >= 0.6 is 0 Å². The molecule has 0 aliphatic carbocycles. The van der Waals surface area contributed by atoms with Crippen molar-refractivity contribution >= 4 is 150 Å². The first-order chi connectivity index (χ1) is 62.4. The Bertz CT molecular complexity index is 6850. The first-order valence-electron chi connectivity index (χ1n) is 42.5. The summed E-state index contributed by atoms with van der Waals surface area (Å²) in [5.41, 5.74) is 19.2. The highest BCUT2D eigenvalue weighted by molar-refractivity contribution is 6.23. The molecule has 0 atom stereocenters. The number of halogens is 3. The Balaban J connectivity index is 0.000000139. The van der Waals surface area contributed by atoms with Crippen LogP contribution in [0.3, 0.4) is 0 Å². The van der Waals surface area contributed by atoms with E-state index in [0.717, 1.165) is 136 Å². The smallest absolute Gasteiger partial charge is 0.616 e. The van der Waals surface area contributed by atoms with Crippen LogP contribution in [0.1, 0.15) is 121 Å². The maximum absolute atomic E-state index is 13.2. The summed E-state index contributed by atoms with van der Waals surface area (Å²) in [5, 5.41) is 6.67. The normalized spacial score (nSPS) is 11.1. The van der Waals surface area contributed by atoms with E-state index in [4.69, 9.17) is 44.5 Å². The van der Waals surface area contributed by atoms with Crippen LogP contribution in [0.15, 0.2) is 285 Å². The Kier molecular flexibility index (Phi) is 32.3. The zero-order valence-corrected chi connectivity index (χ0v) is 81.4. The second-order valence-corrected chi connectivity index (χ2v) is 36.6. The Morgan fingerprint density at radius 3 is 1.27 bits per heavy atom. The number of pyridine rings is 5. The predicted octanol–water partition coefficient (Wildman–Crippen LogP) is 26.5. The molecule has 5 radical (unpaired) electrons. The zero-order valence-electron chi connectivity index (χ0n) is 75.6. The highest BCUT2D eigenvalue weighted by Crippen LogP contribution is 2.40. The molecule has 12 aromatic carbocycles. The lowest BCUT2D eigenvalue weighted by Crippen LogP contribution is -2.18. The van der Waals surface area contributed by atoms with Crippen molar-refractivity contribution in [3.63, 3.8) is 0 Å². The maximum Gasteiger partial charge on any atom is 0.881 e. The lowest BCUT2D eigenvalue weighted by Gasteiger charge is -2.26. The van der Waals surface area contributed by atoms with Crippen molar-refractivity contribution in [2.75, 3.05) is 0 Å². The van der Waals surface area contributed by atoms with Gasteiger partial charge in [0, 0.05) is 55.4 Å². The number of para-hydroxylation sites is 4. The minimum absolute atomic E-state index is 0.0597. The van der Waals surface area contributed by atoms with Crippen LogP contribution in [0.5, 0.6) is 57.5 Å². The molecule has 17 rings (SSSR count). The zero-order chi connectivity index (χ0) is 92.2. The average molecular weight is 1810 g/mol. The molecule has 0 saturated heterocycles. The molecule has 5 aromatic heterocycles. The number of aryl methyl sites for hydroxylation is 10. The van der Waals surface area contributed by atoms with Crippen molar-refractivity contribution in [2.45, 2.75) is 134 Å². The Hall–Kier alpha value is -12.1. The molecule has 0 saturated carbocycles. The second-order valence-electron chi connectivity index (χ2n) is 33.3. The van der Waals surface area contributed by atoms with Gasteiger partial charge in [0.25, 0.3) is 0 Å². The van der Waals surface area contributed by atoms with Crippen LogP contribution in [0.4, 0.5) is 18.9 Å². The van der Waals surface area contributed by atoms with E-state index in [-0.39, 0.29) is 16.6 Å². The number of nitrogens with zero attached hydrogens (tertiary/aromatic N) is 6. The summed E-state index contributed by atoms with van der Waals surface area (Å²) < 4.78 is 98.1. The fraction of sp³-hybridized carbons (Fsp3) is 0.189. The molecule has 0 aliphatic rings. The maximum atomic E-state index is 13.2. The van der Waals surface area contributed by atoms with Gasteiger partial charge >= 0.3 is 85.6 Å². The van der Waals surface area contributed by atoms with E-state index < -0.39 is 91.2 Å². The standard InChI is InChI=1S/C14H22O.C12H13NO.C12H10O.C11H8F3NO.C11H8N2O.2C11H11NO.C10H8O.2C7H8O.5Al/c1-13(2,3)10-7-11(14(4,5)6)9-12(15)8-10;1-3-9-7-8(2)13-12-10(9)5-4-6-11(12)14;13-12-8-6-11(7-9-12)10-4-2-1-3-5-10;1-6-2-3-7-4-8(11(12,13)14)5-9(16)10(7)15-6;1-7-3-4-8-9(12-2)5-6-10(14)11(8)13-7;2*1-7-6-8(2)12-11-9(7)4-3-5-10(11)13;11-10-6-5-8-3-1-2-4-9(8)7-10;1-6-2-4-7(8)5-3-6;1-6-4-2-3-5-7(6)8;;;;;/h7-9,15H,1-6H3;4-7,14H,3H2,1-2H3;1-9,13H;2-5,16H,1H3;3-6,14H,1H3;2*3-6,13H,1-2H3;1-7,11H;2*2-5,8H,1H3;;;;;/q;;;;;;;;;;5*+2/p-10. The predicted molar refractivity (Wildman–Crippen MR) is 520 cm³/mol. The summed E-state index contributed by atoms with van der Waals surface area (Å²) >= 11 is -3.77. The van der Waals surface area contributed by atoms with E-state index in [9.17, 15) is 13.2 Å². The molecular weight excluding hydrogens is 1710 g/mol. The molecular formula is C106H97Al5F3N6O10. The summed E-state index contributed by atoms with van der Waals surface area (Å²) in [7, 11) is 0. The van der Waals surface area contributed by atoms with Gasteiger partial charge in [0.1, 0.15) is 50.8 Å². The van der Waals surface area contributed by atoms with Crippen LogP contribution in [0.2, 0.25) is 0 Å². The monoisotopic (exact) mass is 1810 g/mol. The van der Waals surface area contributed by atoms with Crippen molar-refractivity contribution in [1.82, 2.24) is 24.9 Å². The van der Waals surface area contributed by atoms with Gasteiger partial charge < -0.3 is 37.9 Å². The molecule has 0 amide bonds. The minimum Gasteiger partial charge on any atom is -0.616 e. The molecule has 0 bridgehead atoms. The summed E-state index contributed by atoms with van der Waals surface area (Å²) in [5.74, 6) is 7.03. The van der Waals surface area contributed by atoms with Gasteiger partial charge in [0.2, 0.25) is 0 Å². The van der Waals surface area contributed by atoms with Crippen LogP contribution in [0.25, 0.3) is 81.3 Å². The molecule has 0 spiro atoms. The molecule has 17 aromatic rings. The molecule has 0 fully saturated rings. The van der Waals surface area contributed by atoms with E-state index in [2.05, 4.69) is 178 Å². The Morgan fingerprint density at radius 1 is 0.292 bits per heavy atom. The topological polar surface area (TPSA) is 161 Å². The summed E-state index contributed by atoms with van der Waals surface area (Å²) in [6, 6.07) is 91.4. The van der Waals surface area contributed by atoms with Gasteiger partial charge in [-0.15, -0.1) is 0 Å². The van der Waals surface area contributed by atoms with Gasteiger partial charge in [-0.2, -0.15) is 13.2 Å². The number of aromatic nitrogens is 5. The third-order valence-corrected chi connectivity index (χ3v) is 24.8. The molecule has 0 aliphatic heterocycles. The SMILES string of the molecule is CCc1cc(C)nc2c([O][Al][O]c3ccc(C)cc3)cccc12.Cc1cc(C)c2cccc([O][Al][O]c3cc(C(C)(C)C)cc(C(C)(C)C)c3)c2n1.Cc1cc(C)c2cccc([O][Al][O]c3ccc(-c4ccccc4)cc3)c2n1.Cc1ccc2cc(C(F)(F)F)cc([O][Al][O]c3ccc4ccccc4c3)c2n1.[C-]#[N+]c1ccc([O][Al][O]c2ccccc2C)c2nc(C)ccc12. The van der Waals surface area contributed by atoms with Crippen molar-refractivity contribution < 1.29 is 51.1 Å². The third-order valence-electron chi connectivity index (χ3n) is 21.2. The molecule has 130 heavy (non-hydrogen) atoms. The van der Waals surface area contributed by atoms with Gasteiger partial charge in [-0.1, -0.05) is 218 Å². The molecule has 24 heteroatoms. The van der Waals surface area contributed by atoms with Crippen molar-refractivity contribution in [1.29, 1.82) is 0 Å². The highest BCUT2D eigenvalue weighted by atomic mass is 27.2. The van der Waals surface area contributed by atoms with E-state index in [1.54, 1.807) is 31.2 Å². The number of fused-ring (bicyclic) bond motifs is 6. The van der Waals surface area contributed by atoms with Crippen LogP contribution in [-0.2, 0) is 23.4 Å². The van der Waals surface area contributed by atoms with Crippen molar-refractivity contribution in [3.05, 3.63) is 370 Å². The van der Waals surface area contributed by atoms with Gasteiger partial charge in [-0.25, -0.2) is 24.8 Å². The van der Waals surface area contributed by atoms with Gasteiger partial charge in [-0.3, -0.25) is 4.98 Å². The summed E-state index contributed by atoms with van der Waals surface area (Å²) in [6.07, 6.45) is -3.48. The fourth-order valence-electron chi connectivity index (χ4n) is 14.2. The average Bonchev–Trinajstić information content (AvgIpc) is 0.784. The second kappa shape index (κ2) is 44.0. The summed E-state index contributed by atoms with van der Waals surface area (Å²) in [6.45, 7) is 40.8. The molecule has 0 unspecified atom stereocenters. The van der Waals surface area contributed by atoms with Crippen LogP contribution < -0.4 is 37.9 Å². The van der Waals surface area contributed by atoms with Crippen LogP contribution in [-0.4, -0.2) is 104 Å². The fourth-order valence-corrected chi connectivity index (χ4v) is 17.3. The van der Waals surface area contributed by atoms with E-state index in [1.807, 2.05) is 204 Å². The highest BCUT2D eigenvalue weighted by Gasteiger charge is 2.32. The lowest BCUT2D eigenvalue weighted by molar-refractivity contribution is -0.137. The third kappa shape index (κ3) is 25.7. The van der Waals surface area contributed by atoms with Gasteiger partial charge in [-0.05, 0) is 256 Å². The van der Waals surface area contributed by atoms with E-state index in [0.29, 0.717) is 39.3 Å². The van der Waals surface area contributed by atoms with Gasteiger partial charge in [0.05, 0.1) is 46.4 Å². The lowest BCUT2D eigenvalue weighted by atomic mass is 9.80. The molecule has 5 heterocycles. The first kappa shape index (κ1) is 95.5. The molecule has 647 valence electrons. The Morgan fingerprint density at radius 2 is 0.715 bits per heavy atom. The first-order valence-corrected chi connectivity index (χ1v) is 47.2.